The molecule has 2 atom stereocenters. The van der Waals surface area contributed by atoms with E-state index in [1.165, 1.54) is 32.8 Å². The number of carbonyl (C=O) groups is 4. The van der Waals surface area contributed by atoms with Gasteiger partial charge in [-0.2, -0.15) is 0 Å². The molecule has 0 spiro atoms. The molecule has 39 heavy (non-hydrogen) atoms. The van der Waals surface area contributed by atoms with Crippen molar-refractivity contribution in [3.63, 3.8) is 0 Å². The lowest BCUT2D eigenvalue weighted by Gasteiger charge is -2.27. The Labute approximate surface area is 243 Å². The Hall–Kier alpha value is -2.68. The summed E-state index contributed by atoms with van der Waals surface area (Å²) in [7, 11) is 0. The normalized spacial score (nSPS) is 12.5. The monoisotopic (exact) mass is 563 g/mol. The van der Waals surface area contributed by atoms with Crippen LogP contribution < -0.4 is 21.7 Å². The van der Waals surface area contributed by atoms with Gasteiger partial charge in [-0.1, -0.05) is 80.4 Å². The highest BCUT2D eigenvalue weighted by atomic mass is 16.3. The van der Waals surface area contributed by atoms with Gasteiger partial charge in [0.05, 0.1) is 0 Å². The second-order valence-corrected chi connectivity index (χ2v) is 11.0. The predicted molar refractivity (Wildman–Crippen MR) is 169 cm³/mol. The molecule has 4 amide bonds. The molecule has 0 rings (SSSR count). The van der Waals surface area contributed by atoms with E-state index in [1.807, 2.05) is 0 Å². The van der Waals surface area contributed by atoms with Gasteiger partial charge in [0.15, 0.2) is 0 Å². The third-order valence-electron chi connectivity index (χ3n) is 7.01. The maximum absolute atomic E-state index is 12.1. The number of primary amides is 1. The van der Waals surface area contributed by atoms with E-state index in [0.29, 0.717) is 30.9 Å². The zero-order valence-electron chi connectivity index (χ0n) is 26.3. The highest BCUT2D eigenvalue weighted by Gasteiger charge is 2.29. The molecule has 0 aliphatic carbocycles. The van der Waals surface area contributed by atoms with Crippen LogP contribution >= 0.6 is 0 Å². The zero-order chi connectivity index (χ0) is 31.4. The minimum atomic E-state index is -1.01. The summed E-state index contributed by atoms with van der Waals surface area (Å²) in [4.78, 5) is 44.7. The fourth-order valence-corrected chi connectivity index (χ4v) is 3.81. The van der Waals surface area contributed by atoms with Gasteiger partial charge in [0.25, 0.3) is 0 Å². The third-order valence-corrected chi connectivity index (χ3v) is 7.01. The summed E-state index contributed by atoms with van der Waals surface area (Å²) in [6, 6.07) is 0. The van der Waals surface area contributed by atoms with Crippen LogP contribution in [0.2, 0.25) is 0 Å². The minimum absolute atomic E-state index is 0. The van der Waals surface area contributed by atoms with E-state index in [1.54, 1.807) is 13.8 Å². The molecule has 9 nitrogen and oxygen atoms in total. The molecule has 236 valence electrons. The molecule has 0 fully saturated rings. The van der Waals surface area contributed by atoms with Crippen molar-refractivity contribution in [2.45, 2.75) is 106 Å². The maximum atomic E-state index is 12.1. The summed E-state index contributed by atoms with van der Waals surface area (Å²) in [5.41, 5.74) is 3.06. The number of aliphatic hydroxyl groups is 1. The van der Waals surface area contributed by atoms with Crippen LogP contribution in [0.1, 0.15) is 101 Å². The summed E-state index contributed by atoms with van der Waals surface area (Å²) >= 11 is 0. The molecule has 0 bridgehead atoms. The number of aliphatic hydroxyl groups excluding tert-OH is 1. The smallest absolute Gasteiger partial charge is 0.245 e. The number of hydrogen-bond acceptors (Lipinski definition) is 5. The van der Waals surface area contributed by atoms with E-state index in [9.17, 15) is 19.2 Å². The van der Waals surface area contributed by atoms with Crippen molar-refractivity contribution in [1.29, 1.82) is 0 Å². The topological polar surface area (TPSA) is 151 Å². The second kappa shape index (κ2) is 21.2. The first-order chi connectivity index (χ1) is 17.9. The number of nitrogens with two attached hydrogens (primary N) is 1. The van der Waals surface area contributed by atoms with Crippen molar-refractivity contribution in [3.05, 3.63) is 25.3 Å². The summed E-state index contributed by atoms with van der Waals surface area (Å²) < 4.78 is 0. The highest BCUT2D eigenvalue weighted by molar-refractivity contribution is 5.95. The van der Waals surface area contributed by atoms with Gasteiger partial charge in [-0.05, 0) is 63.5 Å². The van der Waals surface area contributed by atoms with E-state index in [2.05, 4.69) is 70.7 Å². The number of hydrogen-bond donors (Lipinski definition) is 5. The third kappa shape index (κ3) is 18.3. The van der Waals surface area contributed by atoms with E-state index in [-0.39, 0.29) is 17.5 Å². The molecular formula is C30H66N4O5. The SMILES string of the molecule is C=CC(=O)NC(C)(C)C(=O)NCC(C)C(CC)CC.C=CC(=O)NC(C)(C)C(N)=O.CCC(CC)C(C)CO.[HH].[HH].[HH].[HH]. The van der Waals surface area contributed by atoms with Crippen molar-refractivity contribution >= 4 is 23.6 Å². The van der Waals surface area contributed by atoms with Crippen LogP contribution in [-0.2, 0) is 19.2 Å². The van der Waals surface area contributed by atoms with Gasteiger partial charge in [-0.3, -0.25) is 19.2 Å². The molecule has 0 aromatic rings. The fourth-order valence-electron chi connectivity index (χ4n) is 3.81. The molecule has 2 unspecified atom stereocenters. The molecule has 0 aliphatic heterocycles. The van der Waals surface area contributed by atoms with E-state index in [0.717, 1.165) is 24.8 Å². The summed E-state index contributed by atoms with van der Waals surface area (Å²) in [5, 5.41) is 16.7. The van der Waals surface area contributed by atoms with Gasteiger partial charge in [0.1, 0.15) is 11.1 Å². The molecule has 0 aromatic heterocycles. The van der Waals surface area contributed by atoms with Crippen molar-refractivity contribution in [2.24, 2.45) is 29.4 Å². The first-order valence-corrected chi connectivity index (χ1v) is 14.0. The van der Waals surface area contributed by atoms with Crippen LogP contribution in [0.25, 0.3) is 0 Å². The lowest BCUT2D eigenvalue weighted by atomic mass is 9.89. The maximum Gasteiger partial charge on any atom is 0.245 e. The summed E-state index contributed by atoms with van der Waals surface area (Å²) in [5.74, 6) is 0.765. The summed E-state index contributed by atoms with van der Waals surface area (Å²) in [6.07, 6.45) is 6.87. The number of carbonyl (C=O) groups excluding carboxylic acids is 4. The van der Waals surface area contributed by atoms with Crippen LogP contribution in [0.3, 0.4) is 0 Å². The largest absolute Gasteiger partial charge is 0.396 e. The minimum Gasteiger partial charge on any atom is -0.396 e. The van der Waals surface area contributed by atoms with E-state index >= 15 is 0 Å². The Kier molecular flexibility index (Phi) is 22.2. The van der Waals surface area contributed by atoms with Gasteiger partial charge in [-0.25, -0.2) is 0 Å². The molecule has 0 heterocycles. The zero-order valence-corrected chi connectivity index (χ0v) is 26.3. The quantitative estimate of drug-likeness (QED) is 0.181. The first kappa shape index (κ1) is 40.8. The average Bonchev–Trinajstić information content (AvgIpc) is 2.88. The number of rotatable bonds is 15. The van der Waals surface area contributed by atoms with Gasteiger partial charge in [0, 0.05) is 18.9 Å². The first-order valence-electron chi connectivity index (χ1n) is 14.0. The molecule has 0 saturated heterocycles. The lowest BCUT2D eigenvalue weighted by molar-refractivity contribution is -0.130. The predicted octanol–water partition coefficient (Wildman–Crippen LogP) is 4.84. The van der Waals surface area contributed by atoms with Gasteiger partial charge < -0.3 is 26.8 Å². The van der Waals surface area contributed by atoms with Crippen molar-refractivity contribution < 1.29 is 30.0 Å². The molecule has 0 aliphatic rings. The Morgan fingerprint density at radius 1 is 0.795 bits per heavy atom. The molecular weight excluding hydrogens is 496 g/mol. The summed E-state index contributed by atoms with van der Waals surface area (Å²) in [6.45, 7) is 27.0. The van der Waals surface area contributed by atoms with E-state index < -0.39 is 22.9 Å². The molecule has 0 radical (unpaired) electrons. The van der Waals surface area contributed by atoms with Crippen LogP contribution in [-0.4, -0.2) is 53.0 Å². The van der Waals surface area contributed by atoms with Crippen molar-refractivity contribution in [3.8, 4) is 0 Å². The molecule has 9 heteroatoms. The van der Waals surface area contributed by atoms with Gasteiger partial charge in [0.2, 0.25) is 23.6 Å². The van der Waals surface area contributed by atoms with Gasteiger partial charge >= 0.3 is 0 Å². The fraction of sp³-hybridized carbons (Fsp3) is 0.733. The molecule has 0 aromatic carbocycles. The highest BCUT2D eigenvalue weighted by Crippen LogP contribution is 2.19. The Morgan fingerprint density at radius 2 is 1.15 bits per heavy atom. The average molecular weight is 563 g/mol. The van der Waals surface area contributed by atoms with Crippen LogP contribution in [0.15, 0.2) is 25.3 Å². The van der Waals surface area contributed by atoms with Crippen molar-refractivity contribution in [2.75, 3.05) is 13.2 Å². The van der Waals surface area contributed by atoms with Crippen LogP contribution in [0.4, 0.5) is 0 Å². The van der Waals surface area contributed by atoms with Crippen LogP contribution in [0.5, 0.6) is 0 Å². The Morgan fingerprint density at radius 3 is 1.44 bits per heavy atom. The number of nitrogens with one attached hydrogen (secondary N) is 3. The Bertz CT molecular complexity index is 776. The van der Waals surface area contributed by atoms with E-state index in [4.69, 9.17) is 10.8 Å². The molecule has 6 N–H and O–H groups in total. The van der Waals surface area contributed by atoms with Gasteiger partial charge in [-0.15, -0.1) is 0 Å². The lowest BCUT2D eigenvalue weighted by Crippen LogP contribution is -2.55. The second-order valence-electron chi connectivity index (χ2n) is 11.0. The molecule has 0 saturated carbocycles. The van der Waals surface area contributed by atoms with Crippen molar-refractivity contribution in [1.82, 2.24) is 16.0 Å². The standard InChI is InChI=1S/C15H28N2O2.C8H18O.C7H12N2O2.4H2/c1-7-12(8-2)11(4)10-16-14(19)15(5,6)17-13(18)9-3;1-4-8(5-2)7(3)6-9;1-4-5(10)9-7(2,3)6(8)11;;;;/h9,11-12H,3,7-8,10H2,1-2,4-6H3,(H,16,19)(H,17,18);7-9H,4-6H2,1-3H3;4H,1H2,2-3H3,(H2,8,11)(H,9,10);4*1H. The Balaban J connectivity index is -0.0000000934. The number of amides is 4. The van der Waals surface area contributed by atoms with Crippen LogP contribution in [0, 0.1) is 23.7 Å².